The highest BCUT2D eigenvalue weighted by molar-refractivity contribution is 7.99. The Morgan fingerprint density at radius 1 is 1.20 bits per heavy atom. The molecule has 1 atom stereocenters. The Hall–Kier alpha value is -1.24. The molecule has 1 saturated carbocycles. The summed E-state index contributed by atoms with van der Waals surface area (Å²) >= 11 is 1.72. The Morgan fingerprint density at radius 2 is 1.84 bits per heavy atom. The fourth-order valence-electron chi connectivity index (χ4n) is 4.26. The zero-order chi connectivity index (χ0) is 18.0. The van der Waals surface area contributed by atoms with Gasteiger partial charge in [-0.05, 0) is 55.9 Å². The Morgan fingerprint density at radius 3 is 2.44 bits per heavy atom. The summed E-state index contributed by atoms with van der Waals surface area (Å²) in [6, 6.07) is 0.251. The Bertz CT molecular complexity index is 539. The van der Waals surface area contributed by atoms with E-state index in [1.807, 2.05) is 4.90 Å². The van der Waals surface area contributed by atoms with E-state index < -0.39 is 17.4 Å². The van der Waals surface area contributed by atoms with Crippen molar-refractivity contribution < 1.29 is 19.5 Å². The van der Waals surface area contributed by atoms with Crippen LogP contribution in [0.3, 0.4) is 0 Å². The van der Waals surface area contributed by atoms with Gasteiger partial charge >= 0.3 is 5.97 Å². The number of amides is 2. The molecule has 0 aromatic rings. The van der Waals surface area contributed by atoms with Crippen molar-refractivity contribution >= 4 is 29.5 Å². The summed E-state index contributed by atoms with van der Waals surface area (Å²) in [7, 11) is 0. The molecule has 2 amide bonds. The molecule has 0 radical (unpaired) electrons. The highest BCUT2D eigenvalue weighted by atomic mass is 32.2. The molecule has 3 fully saturated rings. The quantitative estimate of drug-likeness (QED) is 0.791. The SMILES string of the molecule is CC1CCC(N2CC(C(=O)NC3(C(=O)O)CCSCC3)CC2=O)CC1. The van der Waals surface area contributed by atoms with Crippen LogP contribution in [-0.2, 0) is 14.4 Å². The molecule has 1 aliphatic carbocycles. The molecule has 2 N–H and O–H groups in total. The topological polar surface area (TPSA) is 86.7 Å². The number of nitrogens with zero attached hydrogens (tertiary/aromatic N) is 1. The number of hydrogen-bond donors (Lipinski definition) is 2. The van der Waals surface area contributed by atoms with Gasteiger partial charge in [-0.1, -0.05) is 6.92 Å². The van der Waals surface area contributed by atoms with Crippen LogP contribution in [0.2, 0.25) is 0 Å². The monoisotopic (exact) mass is 368 g/mol. The van der Waals surface area contributed by atoms with E-state index in [2.05, 4.69) is 12.2 Å². The van der Waals surface area contributed by atoms with Crippen molar-refractivity contribution in [2.45, 2.75) is 63.5 Å². The molecule has 6 nitrogen and oxygen atoms in total. The Labute approximate surface area is 153 Å². The molecular weight excluding hydrogens is 340 g/mol. The number of nitrogens with one attached hydrogen (secondary N) is 1. The zero-order valence-electron chi connectivity index (χ0n) is 14.8. The smallest absolute Gasteiger partial charge is 0.329 e. The molecule has 3 rings (SSSR count). The molecule has 2 saturated heterocycles. The maximum atomic E-state index is 12.7. The predicted molar refractivity (Wildman–Crippen MR) is 96.3 cm³/mol. The molecule has 7 heteroatoms. The summed E-state index contributed by atoms with van der Waals surface area (Å²) in [5, 5.41) is 12.4. The minimum absolute atomic E-state index is 0.0447. The van der Waals surface area contributed by atoms with Crippen molar-refractivity contribution in [1.82, 2.24) is 10.2 Å². The molecule has 2 heterocycles. The van der Waals surface area contributed by atoms with Crippen LogP contribution < -0.4 is 5.32 Å². The minimum Gasteiger partial charge on any atom is -0.480 e. The molecule has 2 aliphatic heterocycles. The van der Waals surface area contributed by atoms with Crippen LogP contribution in [0.25, 0.3) is 0 Å². The second kappa shape index (κ2) is 7.56. The summed E-state index contributed by atoms with van der Waals surface area (Å²) in [6.45, 7) is 2.68. The van der Waals surface area contributed by atoms with Gasteiger partial charge < -0.3 is 15.3 Å². The average molecular weight is 368 g/mol. The van der Waals surface area contributed by atoms with Crippen molar-refractivity contribution in [2.24, 2.45) is 11.8 Å². The van der Waals surface area contributed by atoms with Gasteiger partial charge in [0.15, 0.2) is 0 Å². The first-order valence-electron chi connectivity index (χ1n) is 9.34. The van der Waals surface area contributed by atoms with Crippen molar-refractivity contribution in [3.05, 3.63) is 0 Å². The van der Waals surface area contributed by atoms with Crippen molar-refractivity contribution in [2.75, 3.05) is 18.1 Å². The Kier molecular flexibility index (Phi) is 5.61. The normalized spacial score (nSPS) is 32.4. The third kappa shape index (κ3) is 3.96. The lowest BCUT2D eigenvalue weighted by atomic mass is 9.86. The number of hydrogen-bond acceptors (Lipinski definition) is 4. The van der Waals surface area contributed by atoms with Gasteiger partial charge in [0.1, 0.15) is 5.54 Å². The number of carboxylic acid groups (broad SMARTS) is 1. The molecule has 25 heavy (non-hydrogen) atoms. The highest BCUT2D eigenvalue weighted by Crippen LogP contribution is 2.32. The van der Waals surface area contributed by atoms with E-state index in [4.69, 9.17) is 0 Å². The van der Waals surface area contributed by atoms with Crippen LogP contribution >= 0.6 is 11.8 Å². The summed E-state index contributed by atoms with van der Waals surface area (Å²) in [5.41, 5.74) is -1.15. The maximum absolute atomic E-state index is 12.7. The lowest BCUT2D eigenvalue weighted by Crippen LogP contribution is -2.58. The van der Waals surface area contributed by atoms with Gasteiger partial charge in [-0.25, -0.2) is 4.79 Å². The number of carbonyl (C=O) groups excluding carboxylic acids is 2. The van der Waals surface area contributed by atoms with Crippen LogP contribution in [0.4, 0.5) is 0 Å². The van der Waals surface area contributed by atoms with E-state index in [0.29, 0.717) is 25.3 Å². The van der Waals surface area contributed by atoms with Gasteiger partial charge in [0, 0.05) is 19.0 Å². The van der Waals surface area contributed by atoms with E-state index in [1.165, 1.54) is 0 Å². The van der Waals surface area contributed by atoms with Gasteiger partial charge in [0.05, 0.1) is 5.92 Å². The summed E-state index contributed by atoms with van der Waals surface area (Å²) in [5.74, 6) is 0.594. The van der Waals surface area contributed by atoms with E-state index in [0.717, 1.165) is 37.2 Å². The van der Waals surface area contributed by atoms with Gasteiger partial charge in [-0.2, -0.15) is 11.8 Å². The zero-order valence-corrected chi connectivity index (χ0v) is 15.6. The predicted octanol–water partition coefficient (Wildman–Crippen LogP) is 1.88. The molecule has 0 spiro atoms. The van der Waals surface area contributed by atoms with Crippen LogP contribution in [0.5, 0.6) is 0 Å². The first kappa shape index (κ1) is 18.5. The van der Waals surface area contributed by atoms with E-state index in [1.54, 1.807) is 11.8 Å². The summed E-state index contributed by atoms with van der Waals surface area (Å²) in [6.07, 6.45) is 5.39. The summed E-state index contributed by atoms with van der Waals surface area (Å²) < 4.78 is 0. The molecule has 0 aromatic carbocycles. The number of likely N-dealkylation sites (tertiary alicyclic amines) is 1. The van der Waals surface area contributed by atoms with Crippen molar-refractivity contribution in [1.29, 1.82) is 0 Å². The largest absolute Gasteiger partial charge is 0.480 e. The van der Waals surface area contributed by atoms with E-state index >= 15 is 0 Å². The number of rotatable bonds is 4. The minimum atomic E-state index is -1.15. The first-order valence-corrected chi connectivity index (χ1v) is 10.5. The molecule has 3 aliphatic rings. The molecule has 1 unspecified atom stereocenters. The fourth-order valence-corrected chi connectivity index (χ4v) is 5.45. The van der Waals surface area contributed by atoms with Crippen LogP contribution in [-0.4, -0.2) is 57.4 Å². The third-order valence-corrected chi connectivity index (χ3v) is 7.06. The highest BCUT2D eigenvalue weighted by Gasteiger charge is 2.45. The van der Waals surface area contributed by atoms with Crippen molar-refractivity contribution in [3.63, 3.8) is 0 Å². The molecule has 140 valence electrons. The number of aliphatic carboxylic acids is 1. The fraction of sp³-hybridized carbons (Fsp3) is 0.833. The maximum Gasteiger partial charge on any atom is 0.329 e. The van der Waals surface area contributed by atoms with Crippen LogP contribution in [0, 0.1) is 11.8 Å². The van der Waals surface area contributed by atoms with E-state index in [-0.39, 0.29) is 24.3 Å². The Balaban J connectivity index is 1.61. The second-order valence-electron chi connectivity index (χ2n) is 7.85. The lowest BCUT2D eigenvalue weighted by molar-refractivity contribution is -0.148. The summed E-state index contributed by atoms with van der Waals surface area (Å²) in [4.78, 5) is 38.7. The van der Waals surface area contributed by atoms with Crippen LogP contribution in [0.15, 0.2) is 0 Å². The molecule has 0 aromatic heterocycles. The number of thioether (sulfide) groups is 1. The van der Waals surface area contributed by atoms with Gasteiger partial charge in [0.25, 0.3) is 0 Å². The average Bonchev–Trinajstić information content (AvgIpc) is 2.98. The van der Waals surface area contributed by atoms with E-state index in [9.17, 15) is 19.5 Å². The standard InChI is InChI=1S/C18H28N2O4S/c1-12-2-4-14(5-3-12)20-11-13(10-15(20)21)16(22)19-18(17(23)24)6-8-25-9-7-18/h12-14H,2-11H2,1H3,(H,19,22)(H,23,24). The van der Waals surface area contributed by atoms with Gasteiger partial charge in [-0.3, -0.25) is 9.59 Å². The number of carboxylic acids is 1. The second-order valence-corrected chi connectivity index (χ2v) is 9.07. The number of carbonyl (C=O) groups is 3. The van der Waals surface area contributed by atoms with Gasteiger partial charge in [-0.15, -0.1) is 0 Å². The first-order chi connectivity index (χ1) is 11.9. The van der Waals surface area contributed by atoms with Crippen LogP contribution in [0.1, 0.15) is 51.9 Å². The molecule has 0 bridgehead atoms. The molecular formula is C18H28N2O4S. The van der Waals surface area contributed by atoms with Crippen molar-refractivity contribution in [3.8, 4) is 0 Å². The third-order valence-electron chi connectivity index (χ3n) is 6.07. The van der Waals surface area contributed by atoms with Gasteiger partial charge in [0.2, 0.25) is 11.8 Å². The lowest BCUT2D eigenvalue weighted by Gasteiger charge is -2.35.